The van der Waals surface area contributed by atoms with Crippen molar-refractivity contribution in [3.63, 3.8) is 0 Å². The largest absolute Gasteiger partial charge is 0.347 e. The molecule has 0 spiro atoms. The number of hydrogen-bond donors (Lipinski definition) is 4. The van der Waals surface area contributed by atoms with E-state index in [2.05, 4.69) is 16.0 Å². The summed E-state index contributed by atoms with van der Waals surface area (Å²) < 4.78 is 0. The number of rotatable bonds is 11. The molecule has 10 nitrogen and oxygen atoms in total. The first-order chi connectivity index (χ1) is 16.9. The Labute approximate surface area is 217 Å². The predicted molar refractivity (Wildman–Crippen MR) is 143 cm³/mol. The van der Waals surface area contributed by atoms with E-state index in [1.54, 1.807) is 27.7 Å². The van der Waals surface area contributed by atoms with Crippen LogP contribution in [0.5, 0.6) is 0 Å². The predicted octanol–water partition coefficient (Wildman–Crippen LogP) is 1.75. The number of amides is 4. The van der Waals surface area contributed by atoms with Crippen LogP contribution in [0, 0.1) is 11.8 Å². The third-order valence-electron chi connectivity index (χ3n) is 5.84. The maximum absolute atomic E-state index is 13.1. The van der Waals surface area contributed by atoms with Gasteiger partial charge in [-0.2, -0.15) is 0 Å². The van der Waals surface area contributed by atoms with Gasteiger partial charge < -0.3 is 26.6 Å². The molecule has 0 aromatic rings. The van der Waals surface area contributed by atoms with E-state index in [9.17, 15) is 24.0 Å². The SMILES string of the molecule is CC.CC.CCC(C)C(=O)NCC(=O)NC(C(=O)NC(C(=O)N1CCCC1C(C)=O)C(C)C)C(C)N. The number of likely N-dealkylation sites (tertiary alicyclic amines) is 1. The number of ketones is 1. The van der Waals surface area contributed by atoms with Crippen molar-refractivity contribution < 1.29 is 24.0 Å². The molecule has 0 bridgehead atoms. The molecule has 0 radical (unpaired) electrons. The normalized spacial score (nSPS) is 17.8. The van der Waals surface area contributed by atoms with E-state index in [-0.39, 0.29) is 36.0 Å². The average Bonchev–Trinajstić information content (AvgIpc) is 3.35. The lowest BCUT2D eigenvalue weighted by molar-refractivity contribution is -0.142. The van der Waals surface area contributed by atoms with Crippen LogP contribution in [0.25, 0.3) is 0 Å². The third-order valence-corrected chi connectivity index (χ3v) is 5.84. The number of nitrogens with two attached hydrogens (primary N) is 1. The molecule has 36 heavy (non-hydrogen) atoms. The first-order valence-electron chi connectivity index (χ1n) is 13.3. The number of nitrogens with one attached hydrogen (secondary N) is 3. The summed E-state index contributed by atoms with van der Waals surface area (Å²) in [4.78, 5) is 63.6. The molecule has 5 atom stereocenters. The Hall–Kier alpha value is -2.49. The van der Waals surface area contributed by atoms with E-state index in [4.69, 9.17) is 5.73 Å². The average molecular weight is 514 g/mol. The van der Waals surface area contributed by atoms with Crippen molar-refractivity contribution in [3.05, 3.63) is 0 Å². The van der Waals surface area contributed by atoms with Gasteiger partial charge in [0.25, 0.3) is 0 Å². The number of Topliss-reactive ketones (excluding diaryl/α,β-unsaturated/α-hetero) is 1. The molecule has 1 fully saturated rings. The van der Waals surface area contributed by atoms with Gasteiger partial charge in [0, 0.05) is 18.5 Å². The minimum atomic E-state index is -1.08. The van der Waals surface area contributed by atoms with Gasteiger partial charge in [-0.25, -0.2) is 0 Å². The Morgan fingerprint density at radius 2 is 1.47 bits per heavy atom. The summed E-state index contributed by atoms with van der Waals surface area (Å²) in [5.41, 5.74) is 5.92. The molecular weight excluding hydrogens is 462 g/mol. The summed E-state index contributed by atoms with van der Waals surface area (Å²) in [5.74, 6) is -2.25. The summed E-state index contributed by atoms with van der Waals surface area (Å²) >= 11 is 0. The van der Waals surface area contributed by atoms with Crippen molar-refractivity contribution in [2.75, 3.05) is 13.1 Å². The lowest BCUT2D eigenvalue weighted by atomic mass is 10.0. The second kappa shape index (κ2) is 18.7. The lowest BCUT2D eigenvalue weighted by Crippen LogP contribution is -2.61. The molecule has 1 aliphatic heterocycles. The van der Waals surface area contributed by atoms with E-state index in [1.165, 1.54) is 11.8 Å². The first-order valence-corrected chi connectivity index (χ1v) is 13.3. The minimum absolute atomic E-state index is 0.0789. The van der Waals surface area contributed by atoms with Crippen LogP contribution >= 0.6 is 0 Å². The maximum atomic E-state index is 13.1. The van der Waals surface area contributed by atoms with Crippen LogP contribution < -0.4 is 21.7 Å². The zero-order chi connectivity index (χ0) is 28.6. The van der Waals surface area contributed by atoms with E-state index >= 15 is 0 Å². The molecule has 0 saturated carbocycles. The van der Waals surface area contributed by atoms with E-state index in [1.807, 2.05) is 34.6 Å². The molecule has 1 heterocycles. The van der Waals surface area contributed by atoms with Crippen LogP contribution in [0.4, 0.5) is 0 Å². The summed E-state index contributed by atoms with van der Waals surface area (Å²) in [5, 5.41) is 7.78. The second-order valence-electron chi connectivity index (χ2n) is 8.96. The Bertz CT molecular complexity index is 711. The molecule has 0 aliphatic carbocycles. The molecule has 1 aliphatic rings. The van der Waals surface area contributed by atoms with Crippen LogP contribution in [0.3, 0.4) is 0 Å². The molecule has 10 heteroatoms. The highest BCUT2D eigenvalue weighted by molar-refractivity contribution is 5.95. The number of carbonyl (C=O) groups is 5. The molecular formula is C26H51N5O5. The molecule has 4 amide bonds. The molecule has 5 unspecified atom stereocenters. The van der Waals surface area contributed by atoms with Crippen LogP contribution in [-0.4, -0.2) is 71.6 Å². The van der Waals surface area contributed by atoms with Crippen LogP contribution in [0.15, 0.2) is 0 Å². The number of carbonyl (C=O) groups excluding carboxylic acids is 5. The standard InChI is InChI=1S/C22H39N5O5.2C2H6/c1-7-13(4)20(30)24-11-17(29)25-19(14(5)23)21(31)26-18(12(2)3)22(32)27-10-8-9-16(27)15(6)28;2*1-2/h12-14,16,18-19H,7-11,23H2,1-6H3,(H,24,30)(H,25,29)(H,26,31);2*1-2H3. The van der Waals surface area contributed by atoms with Crippen LogP contribution in [0.1, 0.15) is 88.5 Å². The van der Waals surface area contributed by atoms with Gasteiger partial charge in [0.15, 0.2) is 5.78 Å². The fraction of sp³-hybridized carbons (Fsp3) is 0.808. The summed E-state index contributed by atoms with van der Waals surface area (Å²) in [6, 6.07) is -3.15. The fourth-order valence-corrected chi connectivity index (χ4v) is 3.58. The monoisotopic (exact) mass is 513 g/mol. The molecule has 0 aromatic heterocycles. The van der Waals surface area contributed by atoms with Crippen molar-refractivity contribution >= 4 is 29.4 Å². The van der Waals surface area contributed by atoms with Crippen LogP contribution in [0.2, 0.25) is 0 Å². The highest BCUT2D eigenvalue weighted by Gasteiger charge is 2.38. The molecule has 0 aromatic carbocycles. The molecule has 1 rings (SSSR count). The molecule has 210 valence electrons. The highest BCUT2D eigenvalue weighted by Crippen LogP contribution is 2.21. The zero-order valence-electron chi connectivity index (χ0n) is 24.1. The summed E-state index contributed by atoms with van der Waals surface area (Å²) in [6.45, 7) is 18.4. The van der Waals surface area contributed by atoms with Crippen molar-refractivity contribution in [3.8, 4) is 0 Å². The van der Waals surface area contributed by atoms with Crippen molar-refractivity contribution in [2.24, 2.45) is 17.6 Å². The summed E-state index contributed by atoms with van der Waals surface area (Å²) in [7, 11) is 0. The van der Waals surface area contributed by atoms with E-state index in [0.29, 0.717) is 19.4 Å². The third kappa shape index (κ3) is 11.5. The minimum Gasteiger partial charge on any atom is -0.347 e. The topological polar surface area (TPSA) is 151 Å². The first kappa shape index (κ1) is 35.7. The Balaban J connectivity index is 0. The van der Waals surface area contributed by atoms with E-state index in [0.717, 1.165) is 6.42 Å². The number of hydrogen-bond acceptors (Lipinski definition) is 6. The maximum Gasteiger partial charge on any atom is 0.246 e. The zero-order valence-corrected chi connectivity index (χ0v) is 24.1. The van der Waals surface area contributed by atoms with Gasteiger partial charge in [0.05, 0.1) is 12.6 Å². The van der Waals surface area contributed by atoms with Gasteiger partial charge in [0.2, 0.25) is 23.6 Å². The van der Waals surface area contributed by atoms with Crippen molar-refractivity contribution in [2.45, 2.75) is 113 Å². The van der Waals surface area contributed by atoms with Gasteiger partial charge in [-0.1, -0.05) is 55.4 Å². The second-order valence-corrected chi connectivity index (χ2v) is 8.96. The highest BCUT2D eigenvalue weighted by atomic mass is 16.2. The Morgan fingerprint density at radius 1 is 0.917 bits per heavy atom. The number of nitrogens with zero attached hydrogens (tertiary/aromatic N) is 1. The summed E-state index contributed by atoms with van der Waals surface area (Å²) in [6.07, 6.45) is 1.99. The van der Waals surface area contributed by atoms with Gasteiger partial charge in [-0.15, -0.1) is 0 Å². The van der Waals surface area contributed by atoms with Crippen molar-refractivity contribution in [1.82, 2.24) is 20.9 Å². The smallest absolute Gasteiger partial charge is 0.246 e. The quantitative estimate of drug-likeness (QED) is 0.330. The fourth-order valence-electron chi connectivity index (χ4n) is 3.58. The lowest BCUT2D eigenvalue weighted by Gasteiger charge is -2.31. The van der Waals surface area contributed by atoms with Gasteiger partial charge >= 0.3 is 0 Å². The van der Waals surface area contributed by atoms with Gasteiger partial charge in [-0.05, 0) is 39.0 Å². The Morgan fingerprint density at radius 3 is 1.92 bits per heavy atom. The Kier molecular flexibility index (Phi) is 18.6. The van der Waals surface area contributed by atoms with E-state index < -0.39 is 36.0 Å². The molecule has 5 N–H and O–H groups in total. The van der Waals surface area contributed by atoms with Gasteiger partial charge in [-0.3, -0.25) is 24.0 Å². The van der Waals surface area contributed by atoms with Crippen LogP contribution in [-0.2, 0) is 24.0 Å². The molecule has 1 saturated heterocycles. The van der Waals surface area contributed by atoms with Gasteiger partial charge in [0.1, 0.15) is 12.1 Å². The van der Waals surface area contributed by atoms with Crippen molar-refractivity contribution in [1.29, 1.82) is 0 Å².